The van der Waals surface area contributed by atoms with Crippen LogP contribution in [-0.4, -0.2) is 18.2 Å². The number of nitrogens with zero attached hydrogens (tertiary/aromatic N) is 2. The first-order valence-corrected chi connectivity index (χ1v) is 10.0. The van der Waals surface area contributed by atoms with Crippen LogP contribution in [0.1, 0.15) is 12.5 Å². The van der Waals surface area contributed by atoms with Crippen molar-refractivity contribution in [1.82, 2.24) is 5.43 Å². The monoisotopic (exact) mass is 407 g/mol. The smallest absolute Gasteiger partial charge is 0.252 e. The van der Waals surface area contributed by atoms with Gasteiger partial charge in [0.05, 0.1) is 17.1 Å². The Kier molecular flexibility index (Phi) is 5.37. The molecule has 6 heteroatoms. The summed E-state index contributed by atoms with van der Waals surface area (Å²) in [5.41, 5.74) is 6.46. The van der Waals surface area contributed by atoms with Crippen LogP contribution in [0.4, 0.5) is 11.4 Å². The second-order valence-corrected chi connectivity index (χ2v) is 7.83. The molecule has 4 nitrogen and oxygen atoms in total. The van der Waals surface area contributed by atoms with Crippen molar-refractivity contribution in [2.24, 2.45) is 5.10 Å². The molecule has 1 N–H and O–H groups in total. The van der Waals surface area contributed by atoms with E-state index in [1.807, 2.05) is 79.7 Å². The van der Waals surface area contributed by atoms with E-state index >= 15 is 0 Å². The van der Waals surface area contributed by atoms with Crippen LogP contribution in [0.5, 0.6) is 0 Å². The van der Waals surface area contributed by atoms with Gasteiger partial charge in [0.2, 0.25) is 0 Å². The van der Waals surface area contributed by atoms with Gasteiger partial charge in [-0.25, -0.2) is 0 Å². The van der Waals surface area contributed by atoms with Crippen LogP contribution in [0.2, 0.25) is 5.02 Å². The fourth-order valence-electron chi connectivity index (χ4n) is 3.03. The molecule has 1 aliphatic heterocycles. The standard InChI is InChI=1S/C22H18ClN3OS/c1-15(16-10-12-17(23)13-11-16)25-24-14-22(27)26-18-6-2-4-8-20(18)28-21-9-5-3-7-19(21)26/h2-13,24H,14H2,1H3/b25-15+. The number of hydrazone groups is 1. The zero-order chi connectivity index (χ0) is 19.5. The molecular formula is C22H18ClN3OS. The highest BCUT2D eigenvalue weighted by Crippen LogP contribution is 2.47. The maximum atomic E-state index is 13.1. The Bertz CT molecular complexity index is 1000. The Morgan fingerprint density at radius 1 is 0.964 bits per heavy atom. The maximum Gasteiger partial charge on any atom is 0.252 e. The summed E-state index contributed by atoms with van der Waals surface area (Å²) in [6, 6.07) is 23.3. The van der Waals surface area contributed by atoms with Crippen molar-refractivity contribution in [3.05, 3.63) is 83.4 Å². The molecule has 3 aromatic carbocycles. The van der Waals surface area contributed by atoms with E-state index in [0.717, 1.165) is 32.4 Å². The lowest BCUT2D eigenvalue weighted by Gasteiger charge is -2.30. The third-order valence-electron chi connectivity index (χ3n) is 4.42. The molecule has 28 heavy (non-hydrogen) atoms. The van der Waals surface area contributed by atoms with E-state index in [9.17, 15) is 4.79 Å². The lowest BCUT2D eigenvalue weighted by atomic mass is 10.1. The number of hydrogen-bond donors (Lipinski definition) is 1. The SMILES string of the molecule is C/C(=N\NCC(=O)N1c2ccccc2Sc2ccccc21)c1ccc(Cl)cc1. The number of carbonyl (C=O) groups excluding carboxylic acids is 1. The van der Waals surface area contributed by atoms with Gasteiger partial charge in [-0.15, -0.1) is 0 Å². The van der Waals surface area contributed by atoms with Gasteiger partial charge in [-0.3, -0.25) is 9.69 Å². The Morgan fingerprint density at radius 2 is 1.54 bits per heavy atom. The third kappa shape index (κ3) is 3.77. The van der Waals surface area contributed by atoms with E-state index in [2.05, 4.69) is 10.5 Å². The fourth-order valence-corrected chi connectivity index (χ4v) is 4.22. The number of benzene rings is 3. The van der Waals surface area contributed by atoms with Crippen molar-refractivity contribution in [3.8, 4) is 0 Å². The minimum atomic E-state index is -0.0622. The van der Waals surface area contributed by atoms with Crippen LogP contribution in [0, 0.1) is 0 Å². The number of fused-ring (bicyclic) bond motifs is 2. The largest absolute Gasteiger partial charge is 0.300 e. The molecule has 3 aromatic rings. The zero-order valence-corrected chi connectivity index (χ0v) is 16.8. The van der Waals surface area contributed by atoms with Crippen LogP contribution in [0.3, 0.4) is 0 Å². The lowest BCUT2D eigenvalue weighted by molar-refractivity contribution is -0.117. The molecule has 140 valence electrons. The molecule has 0 atom stereocenters. The average molecular weight is 408 g/mol. The molecule has 1 heterocycles. The minimum absolute atomic E-state index is 0.0622. The number of para-hydroxylation sites is 2. The fraction of sp³-hybridized carbons (Fsp3) is 0.0909. The number of nitrogens with one attached hydrogen (secondary N) is 1. The molecule has 0 saturated carbocycles. The second-order valence-electron chi connectivity index (χ2n) is 6.31. The molecule has 0 unspecified atom stereocenters. The summed E-state index contributed by atoms with van der Waals surface area (Å²) >= 11 is 7.60. The summed E-state index contributed by atoms with van der Waals surface area (Å²) in [6.45, 7) is 1.99. The quantitative estimate of drug-likeness (QED) is 0.460. The number of rotatable bonds is 4. The van der Waals surface area contributed by atoms with Crippen LogP contribution in [-0.2, 0) is 4.79 Å². The van der Waals surface area contributed by atoms with Crippen molar-refractivity contribution in [2.45, 2.75) is 16.7 Å². The molecule has 0 aliphatic carbocycles. The number of carbonyl (C=O) groups is 1. The molecule has 0 bridgehead atoms. The molecule has 0 spiro atoms. The summed E-state index contributed by atoms with van der Waals surface area (Å²) in [5.74, 6) is -0.0622. The number of halogens is 1. The lowest BCUT2D eigenvalue weighted by Crippen LogP contribution is -2.35. The van der Waals surface area contributed by atoms with E-state index in [1.54, 1.807) is 16.7 Å². The van der Waals surface area contributed by atoms with Gasteiger partial charge in [0.25, 0.3) is 5.91 Å². The highest BCUT2D eigenvalue weighted by atomic mass is 35.5. The first kappa shape index (κ1) is 18.6. The van der Waals surface area contributed by atoms with Crippen LogP contribution >= 0.6 is 23.4 Å². The van der Waals surface area contributed by atoms with Gasteiger partial charge in [-0.05, 0) is 48.9 Å². The first-order chi connectivity index (χ1) is 13.6. The molecule has 0 aromatic heterocycles. The Morgan fingerprint density at radius 3 is 2.14 bits per heavy atom. The molecule has 1 aliphatic rings. The van der Waals surface area contributed by atoms with E-state index in [4.69, 9.17) is 11.6 Å². The molecule has 1 amide bonds. The average Bonchev–Trinajstić information content (AvgIpc) is 2.72. The summed E-state index contributed by atoms with van der Waals surface area (Å²) < 4.78 is 0. The Hall–Kier alpha value is -2.76. The van der Waals surface area contributed by atoms with Gasteiger partial charge >= 0.3 is 0 Å². The predicted octanol–water partition coefficient (Wildman–Crippen LogP) is 5.48. The number of amides is 1. The zero-order valence-electron chi connectivity index (χ0n) is 15.2. The highest BCUT2D eigenvalue weighted by Gasteiger charge is 2.27. The summed E-state index contributed by atoms with van der Waals surface area (Å²) in [5, 5.41) is 5.02. The van der Waals surface area contributed by atoms with E-state index in [-0.39, 0.29) is 12.5 Å². The van der Waals surface area contributed by atoms with Crippen molar-refractivity contribution in [3.63, 3.8) is 0 Å². The van der Waals surface area contributed by atoms with Gasteiger partial charge < -0.3 is 5.43 Å². The van der Waals surface area contributed by atoms with Crippen LogP contribution < -0.4 is 10.3 Å². The van der Waals surface area contributed by atoms with Crippen molar-refractivity contribution in [1.29, 1.82) is 0 Å². The van der Waals surface area contributed by atoms with Crippen LogP contribution in [0.25, 0.3) is 0 Å². The maximum absolute atomic E-state index is 13.1. The van der Waals surface area contributed by atoms with Crippen molar-refractivity contribution in [2.75, 3.05) is 11.4 Å². The molecule has 4 rings (SSSR count). The molecule has 0 fully saturated rings. The minimum Gasteiger partial charge on any atom is -0.300 e. The Balaban J connectivity index is 1.54. The molecule has 0 radical (unpaired) electrons. The van der Waals surface area contributed by atoms with Crippen molar-refractivity contribution < 1.29 is 4.79 Å². The second kappa shape index (κ2) is 8.09. The number of anilines is 2. The van der Waals surface area contributed by atoms with E-state index in [1.165, 1.54) is 0 Å². The third-order valence-corrected chi connectivity index (χ3v) is 5.80. The van der Waals surface area contributed by atoms with Gasteiger partial charge in [0, 0.05) is 14.8 Å². The van der Waals surface area contributed by atoms with Crippen LogP contribution in [0.15, 0.2) is 87.7 Å². The topological polar surface area (TPSA) is 44.7 Å². The summed E-state index contributed by atoms with van der Waals surface area (Å²) in [6.07, 6.45) is 0. The van der Waals surface area contributed by atoms with Gasteiger partial charge in [0.1, 0.15) is 6.54 Å². The van der Waals surface area contributed by atoms with Crippen molar-refractivity contribution >= 4 is 46.4 Å². The summed E-state index contributed by atoms with van der Waals surface area (Å²) in [4.78, 5) is 16.9. The van der Waals surface area contributed by atoms with E-state index in [0.29, 0.717) is 5.02 Å². The molecule has 0 saturated heterocycles. The first-order valence-electron chi connectivity index (χ1n) is 8.85. The van der Waals surface area contributed by atoms with Gasteiger partial charge in [-0.2, -0.15) is 5.10 Å². The van der Waals surface area contributed by atoms with Gasteiger partial charge in [-0.1, -0.05) is 59.8 Å². The van der Waals surface area contributed by atoms with E-state index < -0.39 is 0 Å². The summed E-state index contributed by atoms with van der Waals surface area (Å²) in [7, 11) is 0. The Labute approximate surface area is 173 Å². The van der Waals surface area contributed by atoms with Gasteiger partial charge in [0.15, 0.2) is 0 Å². The number of hydrogen-bond acceptors (Lipinski definition) is 4. The normalized spacial score (nSPS) is 12.9. The highest BCUT2D eigenvalue weighted by molar-refractivity contribution is 7.99. The molecular weight excluding hydrogens is 390 g/mol. The predicted molar refractivity (Wildman–Crippen MR) is 116 cm³/mol.